The molecule has 0 radical (unpaired) electrons. The second kappa shape index (κ2) is 9.06. The van der Waals surface area contributed by atoms with Crippen molar-refractivity contribution in [1.82, 2.24) is 4.31 Å². The molecule has 30 heavy (non-hydrogen) atoms. The average molecular weight is 433 g/mol. The van der Waals surface area contributed by atoms with Crippen molar-refractivity contribution in [2.24, 2.45) is 5.92 Å². The summed E-state index contributed by atoms with van der Waals surface area (Å²) in [5.74, 6) is 0.0830. The van der Waals surface area contributed by atoms with Gasteiger partial charge in [-0.05, 0) is 56.0 Å². The lowest BCUT2D eigenvalue weighted by molar-refractivity contribution is -0.120. The number of sulfonamides is 1. The van der Waals surface area contributed by atoms with Gasteiger partial charge in [-0.25, -0.2) is 8.42 Å². The zero-order valence-corrected chi connectivity index (χ0v) is 18.6. The second-order valence-corrected chi connectivity index (χ2v) is 9.36. The topological polar surface area (TPSA) is 84.9 Å². The first-order valence-corrected chi connectivity index (χ1v) is 11.3. The minimum absolute atomic E-state index is 0.0416. The molecule has 1 saturated heterocycles. The number of hydrogen-bond donors (Lipinski definition) is 1. The molecule has 0 unspecified atom stereocenters. The molecule has 0 aliphatic carbocycles. The van der Waals surface area contributed by atoms with Crippen LogP contribution < -0.4 is 14.8 Å². The molecule has 1 fully saturated rings. The summed E-state index contributed by atoms with van der Waals surface area (Å²) in [5, 5.41) is 2.97. The Morgan fingerprint density at radius 1 is 1.13 bits per heavy atom. The summed E-state index contributed by atoms with van der Waals surface area (Å²) >= 11 is 0. The monoisotopic (exact) mass is 432 g/mol. The molecule has 162 valence electrons. The molecule has 1 amide bonds. The standard InChI is InChI=1S/C22H28N2O5S/c1-15-7-5-9-19(16(15)2)23-22(25)17-8-6-12-24(14-17)30(26,27)21-13-18(28-3)10-11-20(21)29-4/h5,7,9-11,13,17H,6,8,12,14H2,1-4H3,(H,23,25)/t17-/m0/s1. The van der Waals surface area contributed by atoms with E-state index in [-0.39, 0.29) is 23.1 Å². The fourth-order valence-electron chi connectivity index (χ4n) is 3.62. The van der Waals surface area contributed by atoms with Gasteiger partial charge in [0.05, 0.1) is 20.1 Å². The fraction of sp³-hybridized carbons (Fsp3) is 0.409. The largest absolute Gasteiger partial charge is 0.497 e. The first-order chi connectivity index (χ1) is 14.3. The highest BCUT2D eigenvalue weighted by Gasteiger charge is 2.35. The maximum Gasteiger partial charge on any atom is 0.246 e. The molecule has 0 spiro atoms. The lowest BCUT2D eigenvalue weighted by atomic mass is 9.98. The highest BCUT2D eigenvalue weighted by Crippen LogP contribution is 2.33. The van der Waals surface area contributed by atoms with Crippen molar-refractivity contribution in [3.8, 4) is 11.5 Å². The molecule has 1 aliphatic heterocycles. The summed E-state index contributed by atoms with van der Waals surface area (Å²) in [6.45, 7) is 4.43. The molecule has 3 rings (SSSR count). The molecule has 1 N–H and O–H groups in total. The van der Waals surface area contributed by atoms with Gasteiger partial charge in [0.1, 0.15) is 16.4 Å². The predicted molar refractivity (Wildman–Crippen MR) is 116 cm³/mol. The third kappa shape index (κ3) is 4.44. The van der Waals surface area contributed by atoms with Gasteiger partial charge in [0, 0.05) is 24.8 Å². The highest BCUT2D eigenvalue weighted by molar-refractivity contribution is 7.89. The zero-order chi connectivity index (χ0) is 21.9. The van der Waals surface area contributed by atoms with Crippen LogP contribution in [0, 0.1) is 19.8 Å². The van der Waals surface area contributed by atoms with Crippen LogP contribution in [0.2, 0.25) is 0 Å². The van der Waals surface area contributed by atoms with Crippen molar-refractivity contribution < 1.29 is 22.7 Å². The smallest absolute Gasteiger partial charge is 0.246 e. The molecule has 1 atom stereocenters. The maximum absolute atomic E-state index is 13.3. The third-order valence-corrected chi connectivity index (χ3v) is 7.49. The van der Waals surface area contributed by atoms with Gasteiger partial charge >= 0.3 is 0 Å². The molecular weight excluding hydrogens is 404 g/mol. The van der Waals surface area contributed by atoms with E-state index in [2.05, 4.69) is 5.32 Å². The Morgan fingerprint density at radius 3 is 2.60 bits per heavy atom. The Balaban J connectivity index is 1.81. The van der Waals surface area contributed by atoms with E-state index in [4.69, 9.17) is 9.47 Å². The molecule has 1 heterocycles. The fourth-order valence-corrected chi connectivity index (χ4v) is 5.32. The number of hydrogen-bond acceptors (Lipinski definition) is 5. The summed E-state index contributed by atoms with van der Waals surface area (Å²) in [7, 11) is -0.936. The number of piperidine rings is 1. The molecule has 7 nitrogen and oxygen atoms in total. The molecule has 8 heteroatoms. The van der Waals surface area contributed by atoms with Crippen molar-refractivity contribution in [3.63, 3.8) is 0 Å². The van der Waals surface area contributed by atoms with Crippen LogP contribution in [0.4, 0.5) is 5.69 Å². The Hall–Kier alpha value is -2.58. The van der Waals surface area contributed by atoms with Crippen LogP contribution in [0.3, 0.4) is 0 Å². The number of aryl methyl sites for hydroxylation is 1. The van der Waals surface area contributed by atoms with Crippen LogP contribution in [-0.2, 0) is 14.8 Å². The van der Waals surface area contributed by atoms with Gasteiger partial charge in [0.2, 0.25) is 15.9 Å². The number of rotatable bonds is 6. The first kappa shape index (κ1) is 22.1. The molecule has 0 bridgehead atoms. The molecule has 0 aromatic heterocycles. The van der Waals surface area contributed by atoms with Crippen LogP contribution in [0.5, 0.6) is 11.5 Å². The molecule has 1 aliphatic rings. The van der Waals surface area contributed by atoms with Gasteiger partial charge < -0.3 is 14.8 Å². The summed E-state index contributed by atoms with van der Waals surface area (Å²) in [5.41, 5.74) is 2.85. The minimum Gasteiger partial charge on any atom is -0.497 e. The number of nitrogens with one attached hydrogen (secondary N) is 1. The van der Waals surface area contributed by atoms with Crippen LogP contribution in [0.25, 0.3) is 0 Å². The Bertz CT molecular complexity index is 1040. The van der Waals surface area contributed by atoms with Crippen molar-refractivity contribution in [2.75, 3.05) is 32.6 Å². The van der Waals surface area contributed by atoms with Crippen LogP contribution in [-0.4, -0.2) is 45.9 Å². The van der Waals surface area contributed by atoms with E-state index in [1.165, 1.54) is 24.6 Å². The number of anilines is 1. The summed E-state index contributed by atoms with van der Waals surface area (Å²) in [6, 6.07) is 10.4. The van der Waals surface area contributed by atoms with Gasteiger partial charge in [-0.1, -0.05) is 12.1 Å². The normalized spacial score (nSPS) is 17.4. The van der Waals surface area contributed by atoms with E-state index in [1.807, 2.05) is 32.0 Å². The lowest BCUT2D eigenvalue weighted by Gasteiger charge is -2.31. The van der Waals surface area contributed by atoms with E-state index < -0.39 is 15.9 Å². The highest BCUT2D eigenvalue weighted by atomic mass is 32.2. The summed E-state index contributed by atoms with van der Waals surface area (Å²) in [6.07, 6.45) is 1.24. The summed E-state index contributed by atoms with van der Waals surface area (Å²) < 4.78 is 38.4. The second-order valence-electron chi connectivity index (χ2n) is 7.46. The van der Waals surface area contributed by atoms with E-state index in [9.17, 15) is 13.2 Å². The molecule has 2 aromatic rings. The Morgan fingerprint density at radius 2 is 1.90 bits per heavy atom. The van der Waals surface area contributed by atoms with E-state index in [1.54, 1.807) is 12.1 Å². The summed E-state index contributed by atoms with van der Waals surface area (Å²) in [4.78, 5) is 12.9. The lowest BCUT2D eigenvalue weighted by Crippen LogP contribution is -2.43. The quantitative estimate of drug-likeness (QED) is 0.757. The van der Waals surface area contributed by atoms with Gasteiger partial charge in [0.15, 0.2) is 0 Å². The predicted octanol–water partition coefficient (Wildman–Crippen LogP) is 3.36. The van der Waals surface area contributed by atoms with Gasteiger partial charge in [0.25, 0.3) is 0 Å². The van der Waals surface area contributed by atoms with Crippen molar-refractivity contribution in [2.45, 2.75) is 31.6 Å². The van der Waals surface area contributed by atoms with Crippen molar-refractivity contribution in [1.29, 1.82) is 0 Å². The number of amides is 1. The van der Waals surface area contributed by atoms with E-state index >= 15 is 0 Å². The first-order valence-electron chi connectivity index (χ1n) is 9.87. The van der Waals surface area contributed by atoms with Crippen LogP contribution >= 0.6 is 0 Å². The SMILES string of the molecule is COc1ccc(OC)c(S(=O)(=O)N2CCC[C@H](C(=O)Nc3cccc(C)c3C)C2)c1. The number of ether oxygens (including phenoxy) is 2. The number of carbonyl (C=O) groups excluding carboxylic acids is 1. The number of benzene rings is 2. The van der Waals surface area contributed by atoms with Gasteiger partial charge in [-0.3, -0.25) is 4.79 Å². The Kier molecular flexibility index (Phi) is 6.67. The molecule has 0 saturated carbocycles. The van der Waals surface area contributed by atoms with Gasteiger partial charge in [-0.2, -0.15) is 4.31 Å². The van der Waals surface area contributed by atoms with Gasteiger partial charge in [-0.15, -0.1) is 0 Å². The third-order valence-electron chi connectivity index (χ3n) is 5.61. The van der Waals surface area contributed by atoms with Crippen LogP contribution in [0.1, 0.15) is 24.0 Å². The number of carbonyl (C=O) groups is 1. The van der Waals surface area contributed by atoms with Crippen LogP contribution in [0.15, 0.2) is 41.3 Å². The van der Waals surface area contributed by atoms with Crippen molar-refractivity contribution in [3.05, 3.63) is 47.5 Å². The maximum atomic E-state index is 13.3. The average Bonchev–Trinajstić information content (AvgIpc) is 2.76. The zero-order valence-electron chi connectivity index (χ0n) is 17.8. The van der Waals surface area contributed by atoms with E-state index in [0.717, 1.165) is 16.8 Å². The Labute approximate surface area is 178 Å². The number of methoxy groups -OCH3 is 2. The molecule has 2 aromatic carbocycles. The van der Waals surface area contributed by atoms with E-state index in [0.29, 0.717) is 25.1 Å². The molecular formula is C22H28N2O5S. The van der Waals surface area contributed by atoms with Crippen molar-refractivity contribution >= 4 is 21.6 Å². The minimum atomic E-state index is -3.84. The number of nitrogens with zero attached hydrogens (tertiary/aromatic N) is 1.